The summed E-state index contributed by atoms with van der Waals surface area (Å²) >= 11 is 0. The van der Waals surface area contributed by atoms with Crippen molar-refractivity contribution in [3.63, 3.8) is 0 Å². The molecule has 4 nitrogen and oxygen atoms in total. The quantitative estimate of drug-likeness (QED) is 0.572. The summed E-state index contributed by atoms with van der Waals surface area (Å²) in [5, 5.41) is 0. The molecule has 0 amide bonds. The third kappa shape index (κ3) is 2.00. The van der Waals surface area contributed by atoms with E-state index >= 15 is 0 Å². The molecular weight excluding hydrogens is 204 g/mol. The maximum atomic E-state index is 11.7. The predicted octanol–water partition coefficient (Wildman–Crippen LogP) is 1.54. The van der Waals surface area contributed by atoms with Crippen LogP contribution in [0.3, 0.4) is 0 Å². The van der Waals surface area contributed by atoms with E-state index in [2.05, 4.69) is 9.97 Å². The van der Waals surface area contributed by atoms with Crippen LogP contribution >= 0.6 is 0 Å². The largest absolute Gasteiger partial charge is 0.285 e. The lowest BCUT2D eigenvalue weighted by Gasteiger charge is -1.98. The Morgan fingerprint density at radius 3 is 2.31 bits per heavy atom. The molecule has 0 spiro atoms. The van der Waals surface area contributed by atoms with Crippen LogP contribution in [0.15, 0.2) is 48.9 Å². The van der Waals surface area contributed by atoms with Crippen molar-refractivity contribution in [1.29, 1.82) is 0 Å². The second kappa shape index (κ2) is 4.44. The van der Waals surface area contributed by atoms with Crippen molar-refractivity contribution in [3.05, 3.63) is 60.2 Å². The van der Waals surface area contributed by atoms with E-state index in [9.17, 15) is 9.59 Å². The SMILES string of the molecule is O=C(C(=O)c1cnccn1)c1ccccc1. The Kier molecular flexibility index (Phi) is 2.82. The van der Waals surface area contributed by atoms with Gasteiger partial charge in [-0.05, 0) is 0 Å². The van der Waals surface area contributed by atoms with Gasteiger partial charge < -0.3 is 0 Å². The minimum Gasteiger partial charge on any atom is -0.285 e. The maximum Gasteiger partial charge on any atom is 0.253 e. The average Bonchev–Trinajstić information content (AvgIpc) is 2.39. The van der Waals surface area contributed by atoms with Crippen LogP contribution in [0.25, 0.3) is 0 Å². The van der Waals surface area contributed by atoms with E-state index in [1.165, 1.54) is 18.6 Å². The van der Waals surface area contributed by atoms with Gasteiger partial charge in [-0.2, -0.15) is 0 Å². The Morgan fingerprint density at radius 2 is 1.69 bits per heavy atom. The maximum absolute atomic E-state index is 11.7. The summed E-state index contributed by atoms with van der Waals surface area (Å²) in [6.45, 7) is 0. The molecule has 0 aliphatic rings. The van der Waals surface area contributed by atoms with Crippen molar-refractivity contribution in [2.45, 2.75) is 0 Å². The van der Waals surface area contributed by atoms with Gasteiger partial charge >= 0.3 is 0 Å². The van der Waals surface area contributed by atoms with E-state index < -0.39 is 11.6 Å². The van der Waals surface area contributed by atoms with Gasteiger partial charge in [-0.1, -0.05) is 30.3 Å². The van der Waals surface area contributed by atoms with Crippen LogP contribution in [0, 0.1) is 0 Å². The standard InChI is InChI=1S/C12H8N2O2/c15-11(9-4-2-1-3-5-9)12(16)10-8-13-6-7-14-10/h1-8H. The summed E-state index contributed by atoms with van der Waals surface area (Å²) in [5.41, 5.74) is 0.425. The molecule has 0 aliphatic carbocycles. The van der Waals surface area contributed by atoms with Gasteiger partial charge in [0, 0.05) is 18.0 Å². The zero-order valence-corrected chi connectivity index (χ0v) is 8.33. The summed E-state index contributed by atoms with van der Waals surface area (Å²) in [6.07, 6.45) is 4.11. The first-order valence-electron chi connectivity index (χ1n) is 4.69. The smallest absolute Gasteiger partial charge is 0.253 e. The summed E-state index contributed by atoms with van der Waals surface area (Å²) < 4.78 is 0. The summed E-state index contributed by atoms with van der Waals surface area (Å²) in [6, 6.07) is 8.38. The van der Waals surface area contributed by atoms with Gasteiger partial charge in [0.25, 0.3) is 5.78 Å². The van der Waals surface area contributed by atoms with Crippen molar-refractivity contribution < 1.29 is 9.59 Å². The zero-order valence-electron chi connectivity index (χ0n) is 8.33. The van der Waals surface area contributed by atoms with Gasteiger partial charge in [-0.25, -0.2) is 4.98 Å². The van der Waals surface area contributed by atoms with Gasteiger partial charge in [0.1, 0.15) is 5.69 Å². The van der Waals surface area contributed by atoms with Crippen molar-refractivity contribution in [2.75, 3.05) is 0 Å². The average molecular weight is 212 g/mol. The van der Waals surface area contributed by atoms with Crippen LogP contribution < -0.4 is 0 Å². The lowest BCUT2D eigenvalue weighted by atomic mass is 10.1. The number of benzene rings is 1. The number of nitrogens with zero attached hydrogens (tertiary/aromatic N) is 2. The molecule has 2 rings (SSSR count). The van der Waals surface area contributed by atoms with Gasteiger partial charge in [0.15, 0.2) is 0 Å². The van der Waals surface area contributed by atoms with Crippen LogP contribution in [0.4, 0.5) is 0 Å². The third-order valence-electron chi connectivity index (χ3n) is 2.04. The second-order valence-electron chi connectivity index (χ2n) is 3.11. The van der Waals surface area contributed by atoms with Crippen LogP contribution in [-0.2, 0) is 0 Å². The molecule has 0 bridgehead atoms. The second-order valence-corrected chi connectivity index (χ2v) is 3.11. The topological polar surface area (TPSA) is 59.9 Å². The van der Waals surface area contributed by atoms with E-state index in [1.54, 1.807) is 30.3 Å². The van der Waals surface area contributed by atoms with Gasteiger partial charge in [-0.15, -0.1) is 0 Å². The van der Waals surface area contributed by atoms with E-state index in [1.807, 2.05) is 0 Å². The molecule has 0 radical (unpaired) electrons. The Balaban J connectivity index is 2.28. The van der Waals surface area contributed by atoms with Crippen LogP contribution in [-0.4, -0.2) is 21.5 Å². The lowest BCUT2D eigenvalue weighted by molar-refractivity contribution is 0.0814. The minimum absolute atomic E-state index is 0.0661. The molecule has 0 fully saturated rings. The van der Waals surface area contributed by atoms with E-state index in [-0.39, 0.29) is 5.69 Å². The normalized spacial score (nSPS) is 9.75. The highest BCUT2D eigenvalue weighted by atomic mass is 16.2. The number of hydrogen-bond acceptors (Lipinski definition) is 4. The molecule has 0 aliphatic heterocycles. The lowest BCUT2D eigenvalue weighted by Crippen LogP contribution is -2.15. The first kappa shape index (κ1) is 10.2. The highest BCUT2D eigenvalue weighted by molar-refractivity contribution is 6.48. The fourth-order valence-electron chi connectivity index (χ4n) is 1.25. The van der Waals surface area contributed by atoms with E-state index in [4.69, 9.17) is 0 Å². The molecule has 1 aromatic carbocycles. The highest BCUT2D eigenvalue weighted by Gasteiger charge is 2.18. The molecule has 0 N–H and O–H groups in total. The number of hydrogen-bond donors (Lipinski definition) is 0. The highest BCUT2D eigenvalue weighted by Crippen LogP contribution is 2.04. The van der Waals surface area contributed by atoms with Gasteiger partial charge in [-0.3, -0.25) is 14.6 Å². The Hall–Kier alpha value is -2.36. The third-order valence-corrected chi connectivity index (χ3v) is 2.04. The molecule has 2 aromatic rings. The number of ketones is 2. The minimum atomic E-state index is -0.640. The van der Waals surface area contributed by atoms with Crippen molar-refractivity contribution in [3.8, 4) is 0 Å². The molecule has 0 saturated heterocycles. The Labute approximate surface area is 92.0 Å². The van der Waals surface area contributed by atoms with Crippen molar-refractivity contribution in [1.82, 2.24) is 9.97 Å². The number of Topliss-reactive ketones (excluding diaryl/α,β-unsaturated/α-hetero) is 2. The molecule has 16 heavy (non-hydrogen) atoms. The molecule has 4 heteroatoms. The van der Waals surface area contributed by atoms with Crippen LogP contribution in [0.5, 0.6) is 0 Å². The van der Waals surface area contributed by atoms with Crippen molar-refractivity contribution in [2.24, 2.45) is 0 Å². The van der Waals surface area contributed by atoms with Gasteiger partial charge in [0.2, 0.25) is 5.78 Å². The fourth-order valence-corrected chi connectivity index (χ4v) is 1.25. The first-order chi connectivity index (χ1) is 7.79. The molecule has 1 heterocycles. The van der Waals surface area contributed by atoms with Crippen LogP contribution in [0.2, 0.25) is 0 Å². The van der Waals surface area contributed by atoms with Crippen LogP contribution in [0.1, 0.15) is 20.8 Å². The molecule has 1 aromatic heterocycles. The molecule has 0 unspecified atom stereocenters. The predicted molar refractivity (Wildman–Crippen MR) is 57.1 cm³/mol. The fraction of sp³-hybridized carbons (Fsp3) is 0. The number of aromatic nitrogens is 2. The number of carbonyl (C=O) groups is 2. The monoisotopic (exact) mass is 212 g/mol. The number of carbonyl (C=O) groups excluding carboxylic acids is 2. The summed E-state index contributed by atoms with van der Waals surface area (Å²) in [5.74, 6) is -1.21. The number of rotatable bonds is 3. The zero-order chi connectivity index (χ0) is 11.4. The molecule has 78 valence electrons. The molecule has 0 saturated carbocycles. The van der Waals surface area contributed by atoms with E-state index in [0.29, 0.717) is 5.56 Å². The molecule has 0 atom stereocenters. The first-order valence-corrected chi connectivity index (χ1v) is 4.69. The Bertz CT molecular complexity index is 460. The van der Waals surface area contributed by atoms with Crippen molar-refractivity contribution >= 4 is 11.6 Å². The van der Waals surface area contributed by atoms with Gasteiger partial charge in [0.05, 0.1) is 6.20 Å². The van der Waals surface area contributed by atoms with E-state index in [0.717, 1.165) is 0 Å². The Morgan fingerprint density at radius 1 is 0.938 bits per heavy atom. The summed E-state index contributed by atoms with van der Waals surface area (Å²) in [4.78, 5) is 31.0. The summed E-state index contributed by atoms with van der Waals surface area (Å²) in [7, 11) is 0. The molecular formula is C12H8N2O2.